The molecule has 0 aliphatic carbocycles. The minimum atomic E-state index is 0.0236. The molecule has 2 heterocycles. The predicted octanol–water partition coefficient (Wildman–Crippen LogP) is 5.16. The summed E-state index contributed by atoms with van der Waals surface area (Å²) in [5.41, 5.74) is 2.50. The Balaban J connectivity index is 2.40. The second kappa shape index (κ2) is 5.94. The highest BCUT2D eigenvalue weighted by atomic mass is 15.2. The molecule has 0 aliphatic heterocycles. The van der Waals surface area contributed by atoms with Crippen molar-refractivity contribution in [1.82, 2.24) is 9.38 Å². The molecule has 122 valence electrons. The summed E-state index contributed by atoms with van der Waals surface area (Å²) in [5, 5.41) is 3.77. The molecule has 3 nitrogen and oxygen atoms in total. The van der Waals surface area contributed by atoms with Crippen LogP contribution in [0.25, 0.3) is 5.65 Å². The van der Waals surface area contributed by atoms with Crippen LogP contribution in [0.3, 0.4) is 0 Å². The molecule has 0 unspecified atom stereocenters. The van der Waals surface area contributed by atoms with Crippen molar-refractivity contribution in [1.29, 1.82) is 0 Å². The minimum Gasteiger partial charge on any atom is -0.365 e. The van der Waals surface area contributed by atoms with Gasteiger partial charge in [0.05, 0.1) is 5.69 Å². The maximum Gasteiger partial charge on any atom is 0.138 e. The van der Waals surface area contributed by atoms with E-state index < -0.39 is 0 Å². The van der Waals surface area contributed by atoms with E-state index >= 15 is 0 Å². The number of hydrogen-bond donors (Lipinski definition) is 1. The minimum absolute atomic E-state index is 0.0236. The van der Waals surface area contributed by atoms with Gasteiger partial charge >= 0.3 is 0 Å². The highest BCUT2D eigenvalue weighted by Gasteiger charge is 2.27. The van der Waals surface area contributed by atoms with Gasteiger partial charge in [-0.25, -0.2) is 4.98 Å². The third-order valence-electron chi connectivity index (χ3n) is 3.63. The molecule has 0 fully saturated rings. The highest BCUT2D eigenvalue weighted by molar-refractivity contribution is 5.56. The summed E-state index contributed by atoms with van der Waals surface area (Å²) in [7, 11) is 0. The molecule has 3 heteroatoms. The van der Waals surface area contributed by atoms with Crippen LogP contribution in [0.1, 0.15) is 60.6 Å². The Hall–Kier alpha value is -1.51. The number of fused-ring (bicyclic) bond motifs is 1. The zero-order chi connectivity index (χ0) is 16.5. The van der Waals surface area contributed by atoms with Gasteiger partial charge < -0.3 is 5.32 Å². The second-order valence-corrected chi connectivity index (χ2v) is 8.68. The predicted molar refractivity (Wildman–Crippen MR) is 95.5 cm³/mol. The zero-order valence-corrected chi connectivity index (χ0v) is 15.2. The van der Waals surface area contributed by atoms with Gasteiger partial charge in [-0.1, -0.05) is 40.7 Å². The van der Waals surface area contributed by atoms with Gasteiger partial charge in [0, 0.05) is 11.7 Å². The summed E-state index contributed by atoms with van der Waals surface area (Å²) in [4.78, 5) is 4.83. The molecule has 0 aliphatic rings. The van der Waals surface area contributed by atoms with Crippen LogP contribution < -0.4 is 5.32 Å². The van der Waals surface area contributed by atoms with Crippen LogP contribution >= 0.6 is 0 Å². The monoisotopic (exact) mass is 301 g/mol. The summed E-state index contributed by atoms with van der Waals surface area (Å²) in [6.45, 7) is 15.9. The number of nitrogens with zero attached hydrogens (tertiary/aromatic N) is 2. The number of anilines is 1. The Morgan fingerprint density at radius 1 is 1.14 bits per heavy atom. The molecule has 22 heavy (non-hydrogen) atoms. The SMILES string of the molecule is CC(C)Cc1nc2ccccn2c1NC(C)(C)CC(C)(C)C. The van der Waals surface area contributed by atoms with E-state index in [2.05, 4.69) is 76.5 Å². The number of rotatable bonds is 5. The zero-order valence-electron chi connectivity index (χ0n) is 15.2. The first kappa shape index (κ1) is 16.9. The smallest absolute Gasteiger partial charge is 0.138 e. The number of aromatic nitrogens is 2. The van der Waals surface area contributed by atoms with Crippen LogP contribution in [0, 0.1) is 11.3 Å². The van der Waals surface area contributed by atoms with Gasteiger partial charge in [0.15, 0.2) is 0 Å². The maximum atomic E-state index is 4.83. The van der Waals surface area contributed by atoms with Crippen molar-refractivity contribution in [2.45, 2.75) is 66.8 Å². The van der Waals surface area contributed by atoms with E-state index in [0.29, 0.717) is 5.92 Å². The Kier molecular flexibility index (Phi) is 4.55. The van der Waals surface area contributed by atoms with Crippen molar-refractivity contribution < 1.29 is 0 Å². The van der Waals surface area contributed by atoms with E-state index in [1.165, 1.54) is 5.69 Å². The summed E-state index contributed by atoms with van der Waals surface area (Å²) < 4.78 is 2.18. The van der Waals surface area contributed by atoms with E-state index in [9.17, 15) is 0 Å². The lowest BCUT2D eigenvalue weighted by molar-refractivity contribution is 0.301. The Morgan fingerprint density at radius 3 is 2.41 bits per heavy atom. The molecular weight excluding hydrogens is 270 g/mol. The molecule has 2 rings (SSSR count). The van der Waals surface area contributed by atoms with Crippen molar-refractivity contribution >= 4 is 11.5 Å². The number of hydrogen-bond acceptors (Lipinski definition) is 2. The first-order chi connectivity index (χ1) is 10.1. The lowest BCUT2D eigenvalue weighted by Crippen LogP contribution is -2.36. The molecule has 0 bridgehead atoms. The van der Waals surface area contributed by atoms with E-state index in [-0.39, 0.29) is 11.0 Å². The van der Waals surface area contributed by atoms with Gasteiger partial charge in [-0.05, 0) is 50.2 Å². The maximum absolute atomic E-state index is 4.83. The normalized spacial score (nSPS) is 13.1. The summed E-state index contributed by atoms with van der Waals surface area (Å²) >= 11 is 0. The summed E-state index contributed by atoms with van der Waals surface area (Å²) in [5.74, 6) is 1.75. The average Bonchev–Trinajstić information content (AvgIpc) is 2.63. The molecular formula is C19H31N3. The molecule has 0 amide bonds. The van der Waals surface area contributed by atoms with Crippen molar-refractivity contribution in [3.05, 3.63) is 30.1 Å². The Morgan fingerprint density at radius 2 is 1.82 bits per heavy atom. The van der Waals surface area contributed by atoms with Crippen molar-refractivity contribution in [2.24, 2.45) is 11.3 Å². The fraction of sp³-hybridized carbons (Fsp3) is 0.632. The highest BCUT2D eigenvalue weighted by Crippen LogP contribution is 2.31. The Labute approximate surface area is 135 Å². The van der Waals surface area contributed by atoms with Gasteiger partial charge in [0.25, 0.3) is 0 Å². The van der Waals surface area contributed by atoms with E-state index in [0.717, 1.165) is 24.3 Å². The molecule has 0 atom stereocenters. The number of imidazole rings is 1. The molecule has 0 spiro atoms. The van der Waals surface area contributed by atoms with Crippen LogP contribution in [0.5, 0.6) is 0 Å². The molecule has 0 saturated heterocycles. The van der Waals surface area contributed by atoms with Gasteiger partial charge in [-0.3, -0.25) is 4.40 Å². The van der Waals surface area contributed by atoms with Crippen LogP contribution in [0.4, 0.5) is 5.82 Å². The van der Waals surface area contributed by atoms with Gasteiger partial charge in [-0.15, -0.1) is 0 Å². The van der Waals surface area contributed by atoms with Crippen molar-refractivity contribution in [2.75, 3.05) is 5.32 Å². The van der Waals surface area contributed by atoms with Crippen LogP contribution in [-0.4, -0.2) is 14.9 Å². The third kappa shape index (κ3) is 4.25. The summed E-state index contributed by atoms with van der Waals surface area (Å²) in [6.07, 6.45) is 4.19. The largest absolute Gasteiger partial charge is 0.365 e. The molecule has 2 aromatic rings. The molecule has 1 N–H and O–H groups in total. The summed E-state index contributed by atoms with van der Waals surface area (Å²) in [6, 6.07) is 6.19. The first-order valence-corrected chi connectivity index (χ1v) is 8.31. The standard InChI is InChI=1S/C19H31N3/c1-14(2)12-15-17(21-19(6,7)13-18(3,4)5)22-11-9-8-10-16(22)20-15/h8-11,14,21H,12-13H2,1-7H3. The quantitative estimate of drug-likeness (QED) is 0.826. The van der Waals surface area contributed by atoms with Gasteiger partial charge in [0.2, 0.25) is 0 Å². The van der Waals surface area contributed by atoms with E-state index in [1.807, 2.05) is 6.07 Å². The topological polar surface area (TPSA) is 29.3 Å². The molecule has 2 aromatic heterocycles. The first-order valence-electron chi connectivity index (χ1n) is 8.31. The van der Waals surface area contributed by atoms with E-state index in [1.54, 1.807) is 0 Å². The van der Waals surface area contributed by atoms with Crippen LogP contribution in [0.2, 0.25) is 0 Å². The van der Waals surface area contributed by atoms with Crippen molar-refractivity contribution in [3.8, 4) is 0 Å². The fourth-order valence-corrected chi connectivity index (χ4v) is 3.40. The molecule has 0 aromatic carbocycles. The molecule has 0 radical (unpaired) electrons. The third-order valence-corrected chi connectivity index (χ3v) is 3.63. The number of pyridine rings is 1. The molecule has 0 saturated carbocycles. The number of nitrogens with one attached hydrogen (secondary N) is 1. The lowest BCUT2D eigenvalue weighted by Gasteiger charge is -2.34. The van der Waals surface area contributed by atoms with Crippen LogP contribution in [0.15, 0.2) is 24.4 Å². The second-order valence-electron chi connectivity index (χ2n) is 8.68. The lowest BCUT2D eigenvalue weighted by atomic mass is 9.82. The van der Waals surface area contributed by atoms with Crippen LogP contribution in [-0.2, 0) is 6.42 Å². The average molecular weight is 301 g/mol. The fourth-order valence-electron chi connectivity index (χ4n) is 3.40. The van der Waals surface area contributed by atoms with Gasteiger partial charge in [-0.2, -0.15) is 0 Å². The van der Waals surface area contributed by atoms with Gasteiger partial charge in [0.1, 0.15) is 11.5 Å². The Bertz CT molecular complexity index is 630. The van der Waals surface area contributed by atoms with Crippen molar-refractivity contribution in [3.63, 3.8) is 0 Å². The van der Waals surface area contributed by atoms with E-state index in [4.69, 9.17) is 4.98 Å².